The molecule has 1 unspecified atom stereocenters. The van der Waals surface area contributed by atoms with Crippen molar-refractivity contribution in [2.45, 2.75) is 13.0 Å². The van der Waals surface area contributed by atoms with Crippen molar-refractivity contribution < 1.29 is 0 Å². The Balaban J connectivity index is 2.31. The van der Waals surface area contributed by atoms with Crippen LogP contribution in [0.4, 0.5) is 11.4 Å². The Hall–Kier alpha value is -0.710. The third-order valence-electron chi connectivity index (χ3n) is 3.24. The van der Waals surface area contributed by atoms with Crippen molar-refractivity contribution >= 4 is 54.8 Å². The molecule has 2 aromatic rings. The van der Waals surface area contributed by atoms with Crippen molar-refractivity contribution in [1.82, 2.24) is 0 Å². The number of rotatable bonds is 4. The molecule has 0 aliphatic heterocycles. The molecule has 1 atom stereocenters. The lowest BCUT2D eigenvalue weighted by Gasteiger charge is -2.23. The minimum Gasteiger partial charge on any atom is -0.377 e. The van der Waals surface area contributed by atoms with Crippen molar-refractivity contribution in [1.29, 1.82) is 0 Å². The maximum atomic E-state index is 6.31. The standard InChI is InChI=1S/C16H17Br2ClN2/c1-10(12-8-7-11(17)9-13(12)18)20-15-6-4-5-14(19)16(15)21(2)3/h4-10,20H,1-3H3. The van der Waals surface area contributed by atoms with Crippen LogP contribution in [0.3, 0.4) is 0 Å². The molecule has 0 fully saturated rings. The summed E-state index contributed by atoms with van der Waals surface area (Å²) < 4.78 is 2.13. The Morgan fingerprint density at radius 2 is 1.86 bits per heavy atom. The number of halogens is 3. The van der Waals surface area contributed by atoms with E-state index in [-0.39, 0.29) is 6.04 Å². The molecule has 2 aromatic carbocycles. The molecule has 0 saturated carbocycles. The molecule has 21 heavy (non-hydrogen) atoms. The van der Waals surface area contributed by atoms with E-state index < -0.39 is 0 Å². The number of para-hydroxylation sites is 1. The van der Waals surface area contributed by atoms with Crippen molar-refractivity contribution in [3.63, 3.8) is 0 Å². The van der Waals surface area contributed by atoms with Crippen LogP contribution < -0.4 is 10.2 Å². The largest absolute Gasteiger partial charge is 0.377 e. The van der Waals surface area contributed by atoms with Gasteiger partial charge in [0, 0.05) is 29.1 Å². The molecule has 0 heterocycles. The first-order valence-electron chi connectivity index (χ1n) is 6.57. The van der Waals surface area contributed by atoms with E-state index in [9.17, 15) is 0 Å². The lowest BCUT2D eigenvalue weighted by Crippen LogP contribution is -2.14. The predicted molar refractivity (Wildman–Crippen MR) is 99.7 cm³/mol. The van der Waals surface area contributed by atoms with Crippen molar-refractivity contribution in [2.75, 3.05) is 24.3 Å². The van der Waals surface area contributed by atoms with Gasteiger partial charge < -0.3 is 10.2 Å². The van der Waals surface area contributed by atoms with Gasteiger partial charge in [0.1, 0.15) is 0 Å². The predicted octanol–water partition coefficient (Wildman–Crippen LogP) is 6.10. The lowest BCUT2D eigenvalue weighted by atomic mass is 10.1. The summed E-state index contributed by atoms with van der Waals surface area (Å²) in [6.45, 7) is 2.13. The van der Waals surface area contributed by atoms with Gasteiger partial charge in [0.15, 0.2) is 0 Å². The highest BCUT2D eigenvalue weighted by Gasteiger charge is 2.14. The molecular formula is C16H17Br2ClN2. The van der Waals surface area contributed by atoms with Crippen LogP contribution in [0, 0.1) is 0 Å². The Kier molecular flexibility index (Phi) is 5.58. The van der Waals surface area contributed by atoms with Gasteiger partial charge in [0.2, 0.25) is 0 Å². The molecule has 0 amide bonds. The Bertz CT molecular complexity index is 644. The van der Waals surface area contributed by atoms with Crippen LogP contribution in [0.25, 0.3) is 0 Å². The number of hydrogen-bond acceptors (Lipinski definition) is 2. The van der Waals surface area contributed by atoms with E-state index in [0.29, 0.717) is 0 Å². The Morgan fingerprint density at radius 1 is 1.14 bits per heavy atom. The van der Waals surface area contributed by atoms with Crippen molar-refractivity contribution in [3.8, 4) is 0 Å². The van der Waals surface area contributed by atoms with E-state index in [1.807, 2.05) is 43.3 Å². The minimum absolute atomic E-state index is 0.157. The van der Waals surface area contributed by atoms with E-state index in [2.05, 4.69) is 56.2 Å². The lowest BCUT2D eigenvalue weighted by molar-refractivity contribution is 0.876. The fourth-order valence-corrected chi connectivity index (χ4v) is 3.98. The van der Waals surface area contributed by atoms with E-state index in [1.165, 1.54) is 5.56 Å². The van der Waals surface area contributed by atoms with Gasteiger partial charge in [-0.05, 0) is 36.8 Å². The highest BCUT2D eigenvalue weighted by atomic mass is 79.9. The zero-order chi connectivity index (χ0) is 15.6. The highest BCUT2D eigenvalue weighted by molar-refractivity contribution is 9.11. The first-order chi connectivity index (χ1) is 9.90. The summed E-state index contributed by atoms with van der Waals surface area (Å²) in [7, 11) is 3.99. The molecule has 2 nitrogen and oxygen atoms in total. The summed E-state index contributed by atoms with van der Waals surface area (Å²) >= 11 is 13.4. The first-order valence-corrected chi connectivity index (χ1v) is 8.54. The molecule has 5 heteroatoms. The van der Waals surface area contributed by atoms with Crippen LogP contribution in [-0.2, 0) is 0 Å². The number of anilines is 2. The zero-order valence-electron chi connectivity index (χ0n) is 12.1. The van der Waals surface area contributed by atoms with Gasteiger partial charge in [-0.2, -0.15) is 0 Å². The van der Waals surface area contributed by atoms with Gasteiger partial charge in [-0.1, -0.05) is 55.6 Å². The molecule has 0 aliphatic carbocycles. The summed E-state index contributed by atoms with van der Waals surface area (Å²) in [4.78, 5) is 2.02. The average Bonchev–Trinajstić information content (AvgIpc) is 2.37. The highest BCUT2D eigenvalue weighted by Crippen LogP contribution is 2.36. The summed E-state index contributed by atoms with van der Waals surface area (Å²) in [6.07, 6.45) is 0. The second-order valence-corrected chi connectivity index (χ2v) is 7.24. The molecule has 0 aliphatic rings. The maximum absolute atomic E-state index is 6.31. The van der Waals surface area contributed by atoms with Crippen LogP contribution >= 0.6 is 43.5 Å². The second-order valence-electron chi connectivity index (χ2n) is 5.06. The van der Waals surface area contributed by atoms with E-state index in [4.69, 9.17) is 11.6 Å². The molecule has 0 bridgehead atoms. The topological polar surface area (TPSA) is 15.3 Å². The summed E-state index contributed by atoms with van der Waals surface area (Å²) in [6, 6.07) is 12.3. The first kappa shape index (κ1) is 16.7. The smallest absolute Gasteiger partial charge is 0.0786 e. The molecule has 0 saturated heterocycles. The van der Waals surface area contributed by atoms with Gasteiger partial charge in [-0.3, -0.25) is 0 Å². The van der Waals surface area contributed by atoms with Crippen molar-refractivity contribution in [2.24, 2.45) is 0 Å². The number of hydrogen-bond donors (Lipinski definition) is 1. The van der Waals surface area contributed by atoms with Gasteiger partial charge in [-0.15, -0.1) is 0 Å². The third-order valence-corrected chi connectivity index (χ3v) is 4.72. The fourth-order valence-electron chi connectivity index (χ4n) is 2.25. The molecule has 2 rings (SSSR count). The minimum atomic E-state index is 0.157. The van der Waals surface area contributed by atoms with Crippen LogP contribution in [-0.4, -0.2) is 14.1 Å². The van der Waals surface area contributed by atoms with Gasteiger partial charge in [-0.25, -0.2) is 0 Å². The van der Waals surface area contributed by atoms with Crippen LogP contribution in [0.15, 0.2) is 45.3 Å². The molecule has 0 aromatic heterocycles. The molecule has 1 N–H and O–H groups in total. The second kappa shape index (κ2) is 7.03. The van der Waals surface area contributed by atoms with Crippen molar-refractivity contribution in [3.05, 3.63) is 55.9 Å². The molecule has 112 valence electrons. The molecular weight excluding hydrogens is 415 g/mol. The monoisotopic (exact) mass is 430 g/mol. The van der Waals surface area contributed by atoms with Crippen LogP contribution in [0.2, 0.25) is 5.02 Å². The Labute approximate surface area is 147 Å². The molecule has 0 radical (unpaired) electrons. The maximum Gasteiger partial charge on any atom is 0.0786 e. The molecule has 0 spiro atoms. The van der Waals surface area contributed by atoms with Crippen LogP contribution in [0.1, 0.15) is 18.5 Å². The van der Waals surface area contributed by atoms with E-state index in [0.717, 1.165) is 25.3 Å². The average molecular weight is 433 g/mol. The Morgan fingerprint density at radius 3 is 2.48 bits per heavy atom. The summed E-state index contributed by atoms with van der Waals surface area (Å²) in [5, 5.41) is 4.28. The third kappa shape index (κ3) is 3.93. The number of nitrogens with one attached hydrogen (secondary N) is 1. The quantitative estimate of drug-likeness (QED) is 0.628. The summed E-state index contributed by atoms with van der Waals surface area (Å²) in [5.41, 5.74) is 3.22. The van der Waals surface area contributed by atoms with E-state index >= 15 is 0 Å². The SMILES string of the molecule is CC(Nc1cccc(Cl)c1N(C)C)c1ccc(Br)cc1Br. The fraction of sp³-hybridized carbons (Fsp3) is 0.250. The normalized spacial score (nSPS) is 12.1. The van der Waals surface area contributed by atoms with Gasteiger partial charge >= 0.3 is 0 Å². The summed E-state index contributed by atoms with van der Waals surface area (Å²) in [5.74, 6) is 0. The number of benzene rings is 2. The van der Waals surface area contributed by atoms with Gasteiger partial charge in [0.25, 0.3) is 0 Å². The number of nitrogens with zero attached hydrogens (tertiary/aromatic N) is 1. The zero-order valence-corrected chi connectivity index (χ0v) is 16.1. The van der Waals surface area contributed by atoms with Crippen LogP contribution in [0.5, 0.6) is 0 Å². The van der Waals surface area contributed by atoms with E-state index in [1.54, 1.807) is 0 Å². The van der Waals surface area contributed by atoms with Gasteiger partial charge in [0.05, 0.1) is 16.4 Å².